The van der Waals surface area contributed by atoms with Gasteiger partial charge in [-0.15, -0.1) is 5.10 Å². The van der Waals surface area contributed by atoms with E-state index in [0.717, 1.165) is 25.2 Å². The normalized spacial score (nSPS) is 17.2. The van der Waals surface area contributed by atoms with Gasteiger partial charge in [0.05, 0.1) is 11.3 Å². The molecule has 1 amide bonds. The number of hydrogen-bond donors (Lipinski definition) is 1. The minimum Gasteiger partial charge on any atom is -0.507 e. The molecule has 4 rings (SSSR count). The number of phenolic OH excluding ortho intramolecular Hbond substituents is 1. The Labute approximate surface area is 156 Å². The van der Waals surface area contributed by atoms with Crippen LogP contribution in [-0.4, -0.2) is 58.8 Å². The number of aromatic hydroxyl groups is 1. The fourth-order valence-electron chi connectivity index (χ4n) is 3.61. The molecule has 0 bridgehead atoms. The fraction of sp³-hybridized carbons (Fsp3) is 0.389. The van der Waals surface area contributed by atoms with E-state index in [2.05, 4.69) is 32.0 Å². The van der Waals surface area contributed by atoms with E-state index in [-0.39, 0.29) is 23.1 Å². The Balaban J connectivity index is 1.54. The van der Waals surface area contributed by atoms with Gasteiger partial charge in [-0.25, -0.2) is 9.67 Å². The Kier molecular flexibility index (Phi) is 4.57. The first kappa shape index (κ1) is 17.2. The number of carbonyl (C=O) groups excluding carboxylic acids is 1. The lowest BCUT2D eigenvalue weighted by Gasteiger charge is -2.33. The maximum absolute atomic E-state index is 13.0. The number of nitrogens with zero attached hydrogens (tertiary/aromatic N) is 7. The molecule has 1 aromatic carbocycles. The van der Waals surface area contributed by atoms with Gasteiger partial charge < -0.3 is 14.6 Å². The topological polar surface area (TPSA) is 102 Å². The van der Waals surface area contributed by atoms with Crippen molar-refractivity contribution in [2.24, 2.45) is 0 Å². The van der Waals surface area contributed by atoms with Crippen molar-refractivity contribution in [1.82, 2.24) is 34.7 Å². The van der Waals surface area contributed by atoms with Crippen LogP contribution in [0.2, 0.25) is 0 Å². The molecule has 3 aromatic rings. The van der Waals surface area contributed by atoms with Crippen molar-refractivity contribution < 1.29 is 9.90 Å². The molecule has 0 unspecified atom stereocenters. The summed E-state index contributed by atoms with van der Waals surface area (Å²) in [6.45, 7) is 4.22. The van der Waals surface area contributed by atoms with Crippen molar-refractivity contribution in [3.05, 3.63) is 48.3 Å². The largest absolute Gasteiger partial charge is 0.507 e. The van der Waals surface area contributed by atoms with Crippen LogP contribution < -0.4 is 0 Å². The summed E-state index contributed by atoms with van der Waals surface area (Å²) >= 11 is 0. The summed E-state index contributed by atoms with van der Waals surface area (Å²) in [6.07, 6.45) is 7.13. The van der Waals surface area contributed by atoms with Crippen LogP contribution in [0, 0.1) is 0 Å². The number of imidazole rings is 1. The molecule has 27 heavy (non-hydrogen) atoms. The number of amides is 1. The summed E-state index contributed by atoms with van der Waals surface area (Å²) < 4.78 is 3.55. The highest BCUT2D eigenvalue weighted by Crippen LogP contribution is 2.29. The van der Waals surface area contributed by atoms with E-state index >= 15 is 0 Å². The van der Waals surface area contributed by atoms with Gasteiger partial charge in [-0.1, -0.05) is 0 Å². The lowest BCUT2D eigenvalue weighted by atomic mass is 9.96. The van der Waals surface area contributed by atoms with Crippen LogP contribution in [-0.2, 0) is 6.54 Å². The molecule has 3 heterocycles. The second-order valence-electron chi connectivity index (χ2n) is 6.62. The molecule has 1 saturated heterocycles. The molecule has 0 saturated carbocycles. The van der Waals surface area contributed by atoms with E-state index < -0.39 is 0 Å². The van der Waals surface area contributed by atoms with Crippen LogP contribution >= 0.6 is 0 Å². The highest BCUT2D eigenvalue weighted by atomic mass is 16.3. The number of phenols is 1. The minimum absolute atomic E-state index is 0.0785. The highest BCUT2D eigenvalue weighted by molar-refractivity contribution is 5.97. The van der Waals surface area contributed by atoms with Gasteiger partial charge in [0.25, 0.3) is 5.91 Å². The molecule has 1 aliphatic rings. The second-order valence-corrected chi connectivity index (χ2v) is 6.62. The van der Waals surface area contributed by atoms with Gasteiger partial charge in [0.2, 0.25) is 0 Å². The third-order valence-electron chi connectivity index (χ3n) is 4.99. The summed E-state index contributed by atoms with van der Waals surface area (Å²) in [4.78, 5) is 19.3. The van der Waals surface area contributed by atoms with Crippen molar-refractivity contribution in [3.63, 3.8) is 0 Å². The number of piperidine rings is 1. The Morgan fingerprint density at radius 1 is 1.37 bits per heavy atom. The third-order valence-corrected chi connectivity index (χ3v) is 4.99. The minimum atomic E-state index is -0.171. The van der Waals surface area contributed by atoms with Gasteiger partial charge in [-0.2, -0.15) is 0 Å². The molecule has 0 radical (unpaired) electrons. The summed E-state index contributed by atoms with van der Waals surface area (Å²) in [7, 11) is 0. The molecule has 1 N–H and O–H groups in total. The maximum Gasteiger partial charge on any atom is 0.257 e. The van der Waals surface area contributed by atoms with Crippen molar-refractivity contribution in [3.8, 4) is 11.4 Å². The predicted octanol–water partition coefficient (Wildman–Crippen LogP) is 1.60. The Bertz CT molecular complexity index is 935. The number of carbonyl (C=O) groups is 1. The van der Waals surface area contributed by atoms with Gasteiger partial charge in [0, 0.05) is 44.0 Å². The average Bonchev–Trinajstić information content (AvgIpc) is 3.39. The van der Waals surface area contributed by atoms with E-state index in [9.17, 15) is 9.90 Å². The second kappa shape index (κ2) is 7.18. The summed E-state index contributed by atoms with van der Waals surface area (Å²) in [5.41, 5.74) is 0.877. The number of tetrazole rings is 1. The standard InChI is InChI=1S/C18H21N7O2/c1-2-23-9-7-19-17(23)13-4-3-8-24(11-13)18(27)15-6-5-14(10-16(15)26)25-12-20-21-22-25/h5-7,9-10,12-13,26H,2-4,8,11H2,1H3/t13-/m0/s1. The van der Waals surface area contributed by atoms with Crippen LogP contribution in [0.5, 0.6) is 5.75 Å². The average molecular weight is 367 g/mol. The van der Waals surface area contributed by atoms with Crippen LogP contribution in [0.4, 0.5) is 0 Å². The van der Waals surface area contributed by atoms with E-state index in [0.29, 0.717) is 18.8 Å². The first-order valence-electron chi connectivity index (χ1n) is 9.04. The Morgan fingerprint density at radius 3 is 3.00 bits per heavy atom. The van der Waals surface area contributed by atoms with Gasteiger partial charge in [-0.3, -0.25) is 4.79 Å². The predicted molar refractivity (Wildman–Crippen MR) is 96.6 cm³/mol. The van der Waals surface area contributed by atoms with Crippen molar-refractivity contribution in [2.75, 3.05) is 13.1 Å². The molecular weight excluding hydrogens is 346 g/mol. The maximum atomic E-state index is 13.0. The molecule has 9 heteroatoms. The van der Waals surface area contributed by atoms with Gasteiger partial charge in [0.15, 0.2) is 0 Å². The fourth-order valence-corrected chi connectivity index (χ4v) is 3.61. The lowest BCUT2D eigenvalue weighted by Crippen LogP contribution is -2.39. The lowest BCUT2D eigenvalue weighted by molar-refractivity contribution is 0.0700. The Hall–Kier alpha value is -3.23. The van der Waals surface area contributed by atoms with E-state index in [4.69, 9.17) is 0 Å². The number of aromatic nitrogens is 6. The monoisotopic (exact) mass is 367 g/mol. The first-order valence-corrected chi connectivity index (χ1v) is 9.04. The molecule has 140 valence electrons. The zero-order valence-electron chi connectivity index (χ0n) is 15.1. The molecule has 2 aromatic heterocycles. The van der Waals surface area contributed by atoms with E-state index in [1.807, 2.05) is 12.4 Å². The van der Waals surface area contributed by atoms with E-state index in [1.54, 1.807) is 17.0 Å². The first-order chi connectivity index (χ1) is 13.2. The van der Waals surface area contributed by atoms with Crippen LogP contribution in [0.25, 0.3) is 5.69 Å². The SMILES string of the molecule is CCn1ccnc1[C@H]1CCCN(C(=O)c2ccc(-n3cnnn3)cc2O)C1. The Morgan fingerprint density at radius 2 is 2.26 bits per heavy atom. The molecule has 0 spiro atoms. The summed E-state index contributed by atoms with van der Waals surface area (Å²) in [6, 6.07) is 4.83. The molecule has 1 atom stereocenters. The summed E-state index contributed by atoms with van der Waals surface area (Å²) in [5.74, 6) is 0.980. The van der Waals surface area contributed by atoms with Crippen molar-refractivity contribution >= 4 is 5.91 Å². The number of benzene rings is 1. The number of hydrogen-bond acceptors (Lipinski definition) is 6. The highest BCUT2D eigenvalue weighted by Gasteiger charge is 2.29. The quantitative estimate of drug-likeness (QED) is 0.751. The molecule has 1 aliphatic heterocycles. The molecule has 0 aliphatic carbocycles. The zero-order chi connectivity index (χ0) is 18.8. The zero-order valence-corrected chi connectivity index (χ0v) is 15.1. The summed E-state index contributed by atoms with van der Waals surface area (Å²) in [5, 5.41) is 21.3. The molecule has 9 nitrogen and oxygen atoms in total. The smallest absolute Gasteiger partial charge is 0.257 e. The number of aryl methyl sites for hydroxylation is 1. The molecule has 1 fully saturated rings. The van der Waals surface area contributed by atoms with E-state index in [1.165, 1.54) is 17.1 Å². The molecular formula is C18H21N7O2. The van der Waals surface area contributed by atoms with Crippen LogP contribution in [0.1, 0.15) is 41.9 Å². The van der Waals surface area contributed by atoms with Gasteiger partial charge in [-0.05, 0) is 42.3 Å². The van der Waals surface area contributed by atoms with Crippen LogP contribution in [0.3, 0.4) is 0 Å². The van der Waals surface area contributed by atoms with Gasteiger partial charge >= 0.3 is 0 Å². The van der Waals surface area contributed by atoms with Crippen LogP contribution in [0.15, 0.2) is 36.9 Å². The van der Waals surface area contributed by atoms with Crippen molar-refractivity contribution in [2.45, 2.75) is 32.2 Å². The third kappa shape index (κ3) is 3.27. The van der Waals surface area contributed by atoms with Crippen molar-refractivity contribution in [1.29, 1.82) is 0 Å². The number of rotatable bonds is 4. The van der Waals surface area contributed by atoms with Gasteiger partial charge in [0.1, 0.15) is 17.9 Å². The number of likely N-dealkylation sites (tertiary alicyclic amines) is 1.